The molecule has 0 N–H and O–H groups in total. The SMILES string of the molecule is c1ccc(-c2ccc(N(c3ccc(-c4cccc5ccccc45)cc3)c3cccc4c3oc3ccccc34)c3c2sc2ccccc23)cc1. The zero-order valence-electron chi connectivity index (χ0n) is 26.5. The van der Waals surface area contributed by atoms with Crippen molar-refractivity contribution in [2.45, 2.75) is 0 Å². The monoisotopic (exact) mass is 643 g/mol. The van der Waals surface area contributed by atoms with E-state index in [0.717, 1.165) is 39.0 Å². The summed E-state index contributed by atoms with van der Waals surface area (Å²) in [5, 5.41) is 7.23. The number of thiophene rings is 1. The molecule has 0 saturated carbocycles. The number of benzene rings is 8. The van der Waals surface area contributed by atoms with Crippen LogP contribution in [0.4, 0.5) is 17.1 Å². The van der Waals surface area contributed by atoms with Gasteiger partial charge in [-0.05, 0) is 69.4 Å². The Hall–Kier alpha value is -6.16. The van der Waals surface area contributed by atoms with Crippen molar-refractivity contribution in [2.24, 2.45) is 0 Å². The Kier molecular flexibility index (Phi) is 6.39. The molecule has 0 aliphatic heterocycles. The van der Waals surface area contributed by atoms with E-state index >= 15 is 0 Å². The second kappa shape index (κ2) is 11.2. The summed E-state index contributed by atoms with van der Waals surface area (Å²) in [7, 11) is 0. The molecular weight excluding hydrogens is 615 g/mol. The van der Waals surface area contributed by atoms with E-state index < -0.39 is 0 Å². The van der Waals surface area contributed by atoms with Crippen LogP contribution in [-0.4, -0.2) is 0 Å². The van der Waals surface area contributed by atoms with E-state index in [2.05, 4.69) is 175 Å². The third-order valence-corrected chi connectivity index (χ3v) is 10.9. The number of para-hydroxylation sites is 2. The number of furan rings is 1. The van der Waals surface area contributed by atoms with Gasteiger partial charge in [0.15, 0.2) is 5.58 Å². The minimum atomic E-state index is 0.877. The topological polar surface area (TPSA) is 16.4 Å². The van der Waals surface area contributed by atoms with E-state index in [-0.39, 0.29) is 0 Å². The van der Waals surface area contributed by atoms with E-state index in [1.165, 1.54) is 53.2 Å². The van der Waals surface area contributed by atoms with Gasteiger partial charge in [-0.2, -0.15) is 0 Å². The summed E-state index contributed by atoms with van der Waals surface area (Å²) in [6, 6.07) is 63.1. The van der Waals surface area contributed by atoms with Gasteiger partial charge in [0.2, 0.25) is 0 Å². The minimum Gasteiger partial charge on any atom is -0.454 e. The number of rotatable bonds is 5. The summed E-state index contributed by atoms with van der Waals surface area (Å²) in [4.78, 5) is 2.40. The van der Waals surface area contributed by atoms with Gasteiger partial charge in [-0.15, -0.1) is 11.3 Å². The first-order valence-corrected chi connectivity index (χ1v) is 17.4. The van der Waals surface area contributed by atoms with Crippen LogP contribution < -0.4 is 4.90 Å². The van der Waals surface area contributed by atoms with E-state index in [0.29, 0.717) is 0 Å². The number of hydrogen-bond donors (Lipinski definition) is 0. The van der Waals surface area contributed by atoms with Crippen LogP contribution >= 0.6 is 11.3 Å². The van der Waals surface area contributed by atoms with Gasteiger partial charge in [0, 0.05) is 36.6 Å². The molecular formula is C46H29NOS. The fraction of sp³-hybridized carbons (Fsp3) is 0. The van der Waals surface area contributed by atoms with Crippen LogP contribution in [0.5, 0.6) is 0 Å². The Labute approximate surface area is 287 Å². The highest BCUT2D eigenvalue weighted by Crippen LogP contribution is 2.50. The molecule has 49 heavy (non-hydrogen) atoms. The highest BCUT2D eigenvalue weighted by molar-refractivity contribution is 7.26. The molecule has 230 valence electrons. The first kappa shape index (κ1) is 27.9. The second-order valence-corrected chi connectivity index (χ2v) is 13.5. The maximum Gasteiger partial charge on any atom is 0.159 e. The van der Waals surface area contributed by atoms with Crippen molar-refractivity contribution >= 4 is 81.3 Å². The molecule has 0 saturated heterocycles. The lowest BCUT2D eigenvalue weighted by atomic mass is 9.97. The molecule has 0 radical (unpaired) electrons. The van der Waals surface area contributed by atoms with Crippen LogP contribution in [0.15, 0.2) is 180 Å². The minimum absolute atomic E-state index is 0.877. The van der Waals surface area contributed by atoms with Gasteiger partial charge >= 0.3 is 0 Å². The van der Waals surface area contributed by atoms with Gasteiger partial charge in [-0.25, -0.2) is 0 Å². The first-order chi connectivity index (χ1) is 24.3. The lowest BCUT2D eigenvalue weighted by Crippen LogP contribution is -2.10. The molecule has 2 nitrogen and oxygen atoms in total. The molecule has 3 heteroatoms. The first-order valence-electron chi connectivity index (χ1n) is 16.6. The summed E-state index contributed by atoms with van der Waals surface area (Å²) in [6.07, 6.45) is 0. The molecule has 0 bridgehead atoms. The number of anilines is 3. The molecule has 0 aliphatic carbocycles. The standard InChI is InChI=1S/C46H29NOS/c1-2-12-31(13-3-1)36-28-29-40(44-39-18-7-9-23-43(39)49-46(36)44)47(41-21-11-20-38-37-17-6-8-22-42(37)48-45(38)41)33-26-24-32(25-27-33)35-19-10-15-30-14-4-5-16-34(30)35/h1-29H. The quantitative estimate of drug-likeness (QED) is 0.186. The van der Waals surface area contributed by atoms with E-state index in [4.69, 9.17) is 4.42 Å². The van der Waals surface area contributed by atoms with Crippen molar-refractivity contribution in [3.63, 3.8) is 0 Å². The normalized spacial score (nSPS) is 11.7. The Morgan fingerprint density at radius 3 is 1.98 bits per heavy atom. The largest absolute Gasteiger partial charge is 0.454 e. The fourth-order valence-electron chi connectivity index (χ4n) is 7.43. The summed E-state index contributed by atoms with van der Waals surface area (Å²) in [5.74, 6) is 0. The molecule has 10 aromatic rings. The molecule has 0 amide bonds. The lowest BCUT2D eigenvalue weighted by molar-refractivity contribution is 0.669. The summed E-state index contributed by atoms with van der Waals surface area (Å²) < 4.78 is 9.23. The summed E-state index contributed by atoms with van der Waals surface area (Å²) >= 11 is 1.86. The lowest BCUT2D eigenvalue weighted by Gasteiger charge is -2.27. The van der Waals surface area contributed by atoms with Crippen molar-refractivity contribution in [3.05, 3.63) is 176 Å². The van der Waals surface area contributed by atoms with Gasteiger partial charge in [-0.3, -0.25) is 0 Å². The van der Waals surface area contributed by atoms with E-state index in [1.807, 2.05) is 17.4 Å². The Morgan fingerprint density at radius 1 is 0.429 bits per heavy atom. The zero-order chi connectivity index (χ0) is 32.3. The fourth-order valence-corrected chi connectivity index (χ4v) is 8.68. The predicted molar refractivity (Wildman–Crippen MR) is 210 cm³/mol. The maximum atomic E-state index is 6.68. The molecule has 8 aromatic carbocycles. The van der Waals surface area contributed by atoms with E-state index in [9.17, 15) is 0 Å². The summed E-state index contributed by atoms with van der Waals surface area (Å²) in [5.41, 5.74) is 9.85. The van der Waals surface area contributed by atoms with Crippen molar-refractivity contribution < 1.29 is 4.42 Å². The van der Waals surface area contributed by atoms with Gasteiger partial charge in [0.25, 0.3) is 0 Å². The van der Waals surface area contributed by atoms with Crippen molar-refractivity contribution in [3.8, 4) is 22.3 Å². The van der Waals surface area contributed by atoms with Crippen LogP contribution in [0, 0.1) is 0 Å². The predicted octanol–water partition coefficient (Wildman–Crippen LogP) is 13.9. The molecule has 2 heterocycles. The number of nitrogens with zero attached hydrogens (tertiary/aromatic N) is 1. The van der Waals surface area contributed by atoms with Crippen molar-refractivity contribution in [1.29, 1.82) is 0 Å². The molecule has 10 rings (SSSR count). The Bertz CT molecular complexity index is 2820. The zero-order valence-corrected chi connectivity index (χ0v) is 27.3. The van der Waals surface area contributed by atoms with Gasteiger partial charge in [0.05, 0.1) is 11.4 Å². The molecule has 0 atom stereocenters. The van der Waals surface area contributed by atoms with Crippen LogP contribution in [0.2, 0.25) is 0 Å². The average molecular weight is 644 g/mol. The third-order valence-electron chi connectivity index (χ3n) is 9.68. The van der Waals surface area contributed by atoms with Crippen LogP contribution in [-0.2, 0) is 0 Å². The molecule has 0 spiro atoms. The highest BCUT2D eigenvalue weighted by atomic mass is 32.1. The average Bonchev–Trinajstić information content (AvgIpc) is 3.75. The van der Waals surface area contributed by atoms with Crippen molar-refractivity contribution in [1.82, 2.24) is 0 Å². The summed E-state index contributed by atoms with van der Waals surface area (Å²) in [6.45, 7) is 0. The molecule has 0 unspecified atom stereocenters. The smallest absolute Gasteiger partial charge is 0.159 e. The number of fused-ring (bicyclic) bond motifs is 7. The highest BCUT2D eigenvalue weighted by Gasteiger charge is 2.24. The second-order valence-electron chi connectivity index (χ2n) is 12.5. The number of hydrogen-bond acceptors (Lipinski definition) is 3. The molecule has 0 fully saturated rings. The van der Waals surface area contributed by atoms with Crippen LogP contribution in [0.3, 0.4) is 0 Å². The van der Waals surface area contributed by atoms with Gasteiger partial charge in [-0.1, -0.05) is 140 Å². The van der Waals surface area contributed by atoms with Crippen molar-refractivity contribution in [2.75, 3.05) is 4.90 Å². The van der Waals surface area contributed by atoms with Crippen LogP contribution in [0.25, 0.3) is 75.1 Å². The third kappa shape index (κ3) is 4.47. The molecule has 2 aromatic heterocycles. The van der Waals surface area contributed by atoms with Gasteiger partial charge in [0.1, 0.15) is 5.58 Å². The van der Waals surface area contributed by atoms with E-state index in [1.54, 1.807) is 0 Å². The van der Waals surface area contributed by atoms with Crippen LogP contribution in [0.1, 0.15) is 0 Å². The Morgan fingerprint density at radius 2 is 1.10 bits per heavy atom. The maximum absolute atomic E-state index is 6.68. The van der Waals surface area contributed by atoms with Gasteiger partial charge < -0.3 is 9.32 Å². The Balaban J connectivity index is 1.25. The molecule has 0 aliphatic rings.